The molecule has 2 aromatic carbocycles. The number of rotatable bonds is 13. The molecule has 1 aliphatic heterocycles. The highest BCUT2D eigenvalue weighted by Crippen LogP contribution is 2.40. The van der Waals surface area contributed by atoms with Gasteiger partial charge in [0.15, 0.2) is 15.8 Å². The van der Waals surface area contributed by atoms with Crippen molar-refractivity contribution in [3.8, 4) is 22.1 Å². The highest BCUT2D eigenvalue weighted by molar-refractivity contribution is 8.01. The number of hydrogen-bond donors (Lipinski definition) is 1. The van der Waals surface area contributed by atoms with Crippen molar-refractivity contribution in [3.63, 3.8) is 0 Å². The van der Waals surface area contributed by atoms with Crippen molar-refractivity contribution in [2.45, 2.75) is 43.0 Å². The Morgan fingerprint density at radius 1 is 1.05 bits per heavy atom. The van der Waals surface area contributed by atoms with Gasteiger partial charge in [-0.25, -0.2) is 4.79 Å². The molecule has 2 aromatic heterocycles. The molecule has 1 unspecified atom stereocenters. The second kappa shape index (κ2) is 13.6. The molecule has 4 aromatic rings. The van der Waals surface area contributed by atoms with Crippen LogP contribution in [0.15, 0.2) is 64.1 Å². The summed E-state index contributed by atoms with van der Waals surface area (Å²) in [4.78, 5) is 13.2. The average molecular weight is 594 g/mol. The zero-order chi connectivity index (χ0) is 28.6. The van der Waals surface area contributed by atoms with E-state index in [0.29, 0.717) is 41.1 Å². The lowest BCUT2D eigenvalue weighted by Gasteiger charge is -2.28. The molecule has 1 aliphatic rings. The molecule has 0 aliphatic carbocycles. The van der Waals surface area contributed by atoms with E-state index in [-0.39, 0.29) is 0 Å². The maximum Gasteiger partial charge on any atom is 0.338 e. The zero-order valence-electron chi connectivity index (χ0n) is 23.1. The number of carbonyl (C=O) groups excluding carboxylic acids is 1. The minimum absolute atomic E-state index is 0.392. The van der Waals surface area contributed by atoms with Gasteiger partial charge in [-0.15, -0.1) is 10.2 Å². The van der Waals surface area contributed by atoms with Gasteiger partial charge >= 0.3 is 5.97 Å². The number of aromatic nitrogens is 6. The summed E-state index contributed by atoms with van der Waals surface area (Å²) in [6, 6.07) is 14.9. The van der Waals surface area contributed by atoms with Crippen LogP contribution in [-0.2, 0) is 9.53 Å². The molecule has 0 radical (unpaired) electrons. The van der Waals surface area contributed by atoms with E-state index in [9.17, 15) is 4.79 Å². The molecule has 3 heterocycles. The molecule has 1 atom stereocenters. The average Bonchev–Trinajstić information content (AvgIpc) is 3.69. The minimum Gasteiger partial charge on any atom is -0.493 e. The molecule has 0 fully saturated rings. The Balaban J connectivity index is 1.43. The van der Waals surface area contributed by atoms with Crippen molar-refractivity contribution in [2.24, 2.45) is 0 Å². The SMILES string of the molecule is CCCCCCOc1ccc(C2C(C(=O)OC)=C(CSc3nnc(-c4ccccc4)s3)Nc3nnnn32)cc1OC. The van der Waals surface area contributed by atoms with Crippen LogP contribution in [0.2, 0.25) is 0 Å². The van der Waals surface area contributed by atoms with Gasteiger partial charge in [0.2, 0.25) is 5.95 Å². The highest BCUT2D eigenvalue weighted by atomic mass is 32.2. The molecule has 214 valence electrons. The Morgan fingerprint density at radius 3 is 2.68 bits per heavy atom. The van der Waals surface area contributed by atoms with E-state index in [2.05, 4.69) is 38.0 Å². The van der Waals surface area contributed by atoms with E-state index < -0.39 is 12.0 Å². The molecule has 5 rings (SSSR count). The summed E-state index contributed by atoms with van der Waals surface area (Å²) in [6.45, 7) is 2.78. The second-order valence-corrected chi connectivity index (χ2v) is 11.4. The van der Waals surface area contributed by atoms with Crippen LogP contribution in [0.1, 0.15) is 44.2 Å². The molecule has 13 heteroatoms. The van der Waals surface area contributed by atoms with E-state index in [0.717, 1.165) is 33.3 Å². The lowest BCUT2D eigenvalue weighted by atomic mass is 9.95. The normalized spacial score (nSPS) is 14.4. The standard InChI is InChI=1S/C28H31N7O4S2/c1-4-5-6-10-15-39-21-14-13-19(16-22(21)37-2)24-23(26(36)38-3)20(29-27-31-33-34-35(24)27)17-40-28-32-30-25(41-28)18-11-8-7-9-12-18/h7-9,11-14,16,24H,4-6,10,15,17H2,1-3H3,(H,29,31,34). The fourth-order valence-corrected chi connectivity index (χ4v) is 6.32. The largest absolute Gasteiger partial charge is 0.493 e. The number of unbranched alkanes of at least 4 members (excludes halogenated alkanes) is 3. The molecule has 0 spiro atoms. The van der Waals surface area contributed by atoms with Gasteiger partial charge in [-0.2, -0.15) is 4.68 Å². The first kappa shape index (κ1) is 28.6. The first-order valence-electron chi connectivity index (χ1n) is 13.3. The van der Waals surface area contributed by atoms with Crippen molar-refractivity contribution in [1.82, 2.24) is 30.4 Å². The Labute approximate surface area is 246 Å². The second-order valence-electron chi connectivity index (χ2n) is 9.21. The van der Waals surface area contributed by atoms with E-state index in [1.165, 1.54) is 43.1 Å². The molecular formula is C28H31N7O4S2. The van der Waals surface area contributed by atoms with Crippen molar-refractivity contribution in [2.75, 3.05) is 31.9 Å². The number of ether oxygens (including phenoxy) is 3. The molecule has 0 saturated heterocycles. The molecule has 11 nitrogen and oxygen atoms in total. The van der Waals surface area contributed by atoms with Crippen LogP contribution in [0.4, 0.5) is 5.95 Å². The van der Waals surface area contributed by atoms with E-state index in [4.69, 9.17) is 14.2 Å². The Bertz CT molecular complexity index is 1510. The van der Waals surface area contributed by atoms with Crippen LogP contribution in [0.25, 0.3) is 10.6 Å². The van der Waals surface area contributed by atoms with Crippen LogP contribution < -0.4 is 14.8 Å². The summed E-state index contributed by atoms with van der Waals surface area (Å²) in [5, 5.41) is 24.9. The van der Waals surface area contributed by atoms with Crippen molar-refractivity contribution in [1.29, 1.82) is 0 Å². The van der Waals surface area contributed by atoms with Gasteiger partial charge in [-0.05, 0) is 34.5 Å². The number of tetrazole rings is 1. The van der Waals surface area contributed by atoms with E-state index in [1.54, 1.807) is 11.8 Å². The van der Waals surface area contributed by atoms with Gasteiger partial charge in [0, 0.05) is 17.0 Å². The summed E-state index contributed by atoms with van der Waals surface area (Å²) >= 11 is 2.96. The zero-order valence-corrected chi connectivity index (χ0v) is 24.7. The third-order valence-corrected chi connectivity index (χ3v) is 8.66. The van der Waals surface area contributed by atoms with E-state index >= 15 is 0 Å². The predicted octanol–water partition coefficient (Wildman–Crippen LogP) is 5.39. The number of nitrogens with one attached hydrogen (secondary N) is 1. The number of hydrogen-bond acceptors (Lipinski definition) is 12. The summed E-state index contributed by atoms with van der Waals surface area (Å²) in [6.07, 6.45) is 4.44. The number of methoxy groups -OCH3 is 2. The number of nitrogens with zero attached hydrogens (tertiary/aromatic N) is 6. The summed E-state index contributed by atoms with van der Waals surface area (Å²) in [5.41, 5.74) is 2.77. The molecule has 1 N–H and O–H groups in total. The van der Waals surface area contributed by atoms with Gasteiger partial charge in [-0.1, -0.05) is 90.8 Å². The van der Waals surface area contributed by atoms with Crippen molar-refractivity contribution < 1.29 is 19.0 Å². The molecular weight excluding hydrogens is 562 g/mol. The third-order valence-electron chi connectivity index (χ3n) is 6.53. The monoisotopic (exact) mass is 593 g/mol. The lowest BCUT2D eigenvalue weighted by molar-refractivity contribution is -0.136. The number of carbonyl (C=O) groups is 1. The molecule has 0 saturated carbocycles. The van der Waals surface area contributed by atoms with Gasteiger partial charge in [0.1, 0.15) is 11.0 Å². The Kier molecular flexibility index (Phi) is 9.47. The van der Waals surface area contributed by atoms with Crippen LogP contribution in [0.3, 0.4) is 0 Å². The van der Waals surface area contributed by atoms with Crippen molar-refractivity contribution >= 4 is 35.0 Å². The van der Waals surface area contributed by atoms with Gasteiger partial charge in [-0.3, -0.25) is 0 Å². The smallest absolute Gasteiger partial charge is 0.338 e. The maximum atomic E-state index is 13.2. The summed E-state index contributed by atoms with van der Waals surface area (Å²) in [5.74, 6) is 1.53. The first-order chi connectivity index (χ1) is 20.1. The van der Waals surface area contributed by atoms with Crippen LogP contribution in [-0.4, -0.2) is 63.0 Å². The highest BCUT2D eigenvalue weighted by Gasteiger charge is 2.36. The molecule has 41 heavy (non-hydrogen) atoms. The lowest BCUT2D eigenvalue weighted by Crippen LogP contribution is -2.31. The Morgan fingerprint density at radius 2 is 1.90 bits per heavy atom. The molecule has 0 bridgehead atoms. The minimum atomic E-state index is -0.647. The maximum absolute atomic E-state index is 13.2. The Hall–Kier alpha value is -3.97. The number of anilines is 1. The number of esters is 1. The van der Waals surface area contributed by atoms with Crippen molar-refractivity contribution in [3.05, 3.63) is 65.4 Å². The summed E-state index contributed by atoms with van der Waals surface area (Å²) in [7, 11) is 2.96. The summed E-state index contributed by atoms with van der Waals surface area (Å²) < 4.78 is 19.2. The quantitative estimate of drug-likeness (QED) is 0.122. The number of benzene rings is 2. The molecule has 0 amide bonds. The van der Waals surface area contributed by atoms with Crippen LogP contribution in [0, 0.1) is 0 Å². The van der Waals surface area contributed by atoms with Crippen LogP contribution >= 0.6 is 23.1 Å². The fraction of sp³-hybridized carbons (Fsp3) is 0.357. The van der Waals surface area contributed by atoms with Crippen LogP contribution in [0.5, 0.6) is 11.5 Å². The van der Waals surface area contributed by atoms with Gasteiger partial charge in [0.05, 0.1) is 26.4 Å². The fourth-order valence-electron chi connectivity index (χ4n) is 4.49. The van der Waals surface area contributed by atoms with E-state index in [1.807, 2.05) is 48.5 Å². The topological polar surface area (TPSA) is 126 Å². The van der Waals surface area contributed by atoms with Gasteiger partial charge in [0.25, 0.3) is 0 Å². The predicted molar refractivity (Wildman–Crippen MR) is 157 cm³/mol. The first-order valence-corrected chi connectivity index (χ1v) is 15.1. The number of fused-ring (bicyclic) bond motifs is 1. The third kappa shape index (κ3) is 6.51. The van der Waals surface area contributed by atoms with Gasteiger partial charge < -0.3 is 19.5 Å². The number of thioether (sulfide) groups is 1.